The molecule has 1 aliphatic rings. The highest BCUT2D eigenvalue weighted by molar-refractivity contribution is 5.44. The largest absolute Gasteiger partial charge is 0.493 e. The van der Waals surface area contributed by atoms with E-state index in [2.05, 4.69) is 0 Å². The maximum absolute atomic E-state index is 10.7. The number of ether oxygens (including phenoxy) is 3. The third-order valence-corrected chi connectivity index (χ3v) is 4.25. The molecule has 1 aliphatic heterocycles. The molecule has 1 aromatic rings. The third-order valence-electron chi connectivity index (χ3n) is 4.25. The van der Waals surface area contributed by atoms with E-state index in [1.165, 1.54) is 0 Å². The summed E-state index contributed by atoms with van der Waals surface area (Å²) in [6, 6.07) is 5.70. The van der Waals surface area contributed by atoms with E-state index in [-0.39, 0.29) is 11.8 Å². The number of hydrogen-bond donors (Lipinski definition) is 2. The van der Waals surface area contributed by atoms with Crippen LogP contribution in [0.2, 0.25) is 0 Å². The highest BCUT2D eigenvalue weighted by atomic mass is 16.5. The van der Waals surface area contributed by atoms with Gasteiger partial charge in [0.1, 0.15) is 0 Å². The van der Waals surface area contributed by atoms with Crippen molar-refractivity contribution in [1.82, 2.24) is 0 Å². The fourth-order valence-corrected chi connectivity index (χ4v) is 2.94. The molecule has 1 aromatic carbocycles. The highest BCUT2D eigenvalue weighted by Crippen LogP contribution is 2.34. The van der Waals surface area contributed by atoms with E-state index < -0.39 is 6.10 Å². The van der Waals surface area contributed by atoms with Crippen LogP contribution in [0.25, 0.3) is 0 Å². The molecule has 2 rings (SSSR count). The molecule has 0 saturated carbocycles. The number of aliphatic hydroxyl groups excluding tert-OH is 1. The van der Waals surface area contributed by atoms with Gasteiger partial charge in [-0.25, -0.2) is 0 Å². The lowest BCUT2D eigenvalue weighted by atomic mass is 9.82. The molecule has 0 amide bonds. The second-order valence-electron chi connectivity index (χ2n) is 5.40. The van der Waals surface area contributed by atoms with E-state index in [4.69, 9.17) is 19.9 Å². The number of hydrogen-bond acceptors (Lipinski definition) is 5. The lowest BCUT2D eigenvalue weighted by Gasteiger charge is -2.32. The molecule has 0 bridgehead atoms. The maximum atomic E-state index is 10.7. The van der Waals surface area contributed by atoms with Gasteiger partial charge in [0.25, 0.3) is 0 Å². The fourth-order valence-electron chi connectivity index (χ4n) is 2.94. The van der Waals surface area contributed by atoms with Gasteiger partial charge in [-0.05, 0) is 36.5 Å². The number of methoxy groups -OCH3 is 2. The molecule has 1 saturated heterocycles. The van der Waals surface area contributed by atoms with Crippen molar-refractivity contribution in [2.24, 2.45) is 11.7 Å². The van der Waals surface area contributed by atoms with E-state index >= 15 is 0 Å². The molecule has 118 valence electrons. The molecule has 2 atom stereocenters. The smallest absolute Gasteiger partial charge is 0.160 e. The maximum Gasteiger partial charge on any atom is 0.160 e. The Morgan fingerprint density at radius 2 is 1.90 bits per heavy atom. The molecule has 1 heterocycles. The number of benzene rings is 1. The first-order chi connectivity index (χ1) is 10.2. The zero-order valence-electron chi connectivity index (χ0n) is 12.7. The summed E-state index contributed by atoms with van der Waals surface area (Å²) < 4.78 is 15.9. The summed E-state index contributed by atoms with van der Waals surface area (Å²) >= 11 is 0. The van der Waals surface area contributed by atoms with E-state index in [0.717, 1.165) is 18.4 Å². The van der Waals surface area contributed by atoms with Gasteiger partial charge in [-0.2, -0.15) is 0 Å². The Morgan fingerprint density at radius 1 is 1.24 bits per heavy atom. The second kappa shape index (κ2) is 7.64. The van der Waals surface area contributed by atoms with Gasteiger partial charge < -0.3 is 25.1 Å². The first kappa shape index (κ1) is 16.1. The van der Waals surface area contributed by atoms with Crippen molar-refractivity contribution in [3.8, 4) is 11.5 Å². The van der Waals surface area contributed by atoms with Crippen molar-refractivity contribution in [3.63, 3.8) is 0 Å². The molecule has 0 aromatic heterocycles. The van der Waals surface area contributed by atoms with Crippen LogP contribution in [0.1, 0.15) is 24.3 Å². The predicted molar refractivity (Wildman–Crippen MR) is 80.9 cm³/mol. The van der Waals surface area contributed by atoms with Crippen LogP contribution in [0.5, 0.6) is 11.5 Å². The van der Waals surface area contributed by atoms with Crippen molar-refractivity contribution < 1.29 is 19.3 Å². The summed E-state index contributed by atoms with van der Waals surface area (Å²) in [7, 11) is 3.21. The van der Waals surface area contributed by atoms with Crippen molar-refractivity contribution in [2.45, 2.75) is 24.9 Å². The summed E-state index contributed by atoms with van der Waals surface area (Å²) in [5.41, 5.74) is 6.89. The fraction of sp³-hybridized carbons (Fsp3) is 0.625. The van der Waals surface area contributed by atoms with Crippen LogP contribution in [0, 0.1) is 5.92 Å². The Hall–Kier alpha value is -1.30. The molecule has 5 nitrogen and oxygen atoms in total. The topological polar surface area (TPSA) is 73.9 Å². The average molecular weight is 295 g/mol. The summed E-state index contributed by atoms with van der Waals surface area (Å²) in [5, 5.41) is 10.7. The predicted octanol–water partition coefficient (Wildman–Crippen LogP) is 1.53. The van der Waals surface area contributed by atoms with E-state index in [1.54, 1.807) is 14.2 Å². The van der Waals surface area contributed by atoms with Crippen LogP contribution >= 0.6 is 0 Å². The highest BCUT2D eigenvalue weighted by Gasteiger charge is 2.30. The summed E-state index contributed by atoms with van der Waals surface area (Å²) in [4.78, 5) is 0. The Kier molecular flexibility index (Phi) is 5.85. The van der Waals surface area contributed by atoms with Crippen LogP contribution in [-0.2, 0) is 4.74 Å². The van der Waals surface area contributed by atoms with E-state index in [9.17, 15) is 5.11 Å². The minimum absolute atomic E-state index is 0.104. The van der Waals surface area contributed by atoms with Gasteiger partial charge >= 0.3 is 0 Å². The molecule has 5 heteroatoms. The normalized spacial score (nSPS) is 19.0. The van der Waals surface area contributed by atoms with Gasteiger partial charge in [0.2, 0.25) is 0 Å². The Labute approximate surface area is 126 Å². The minimum Gasteiger partial charge on any atom is -0.493 e. The Morgan fingerprint density at radius 3 is 2.48 bits per heavy atom. The van der Waals surface area contributed by atoms with Gasteiger partial charge in [-0.1, -0.05) is 6.07 Å². The SMILES string of the molecule is COc1ccc(C(CN)C(O)C2CCOCC2)cc1OC. The van der Waals surface area contributed by atoms with Crippen LogP contribution in [0.4, 0.5) is 0 Å². The molecule has 1 fully saturated rings. The second-order valence-corrected chi connectivity index (χ2v) is 5.40. The number of nitrogens with two attached hydrogens (primary N) is 1. The Bertz CT molecular complexity index is 446. The first-order valence-corrected chi connectivity index (χ1v) is 7.39. The van der Waals surface area contributed by atoms with Crippen LogP contribution < -0.4 is 15.2 Å². The van der Waals surface area contributed by atoms with Crippen LogP contribution in [0.15, 0.2) is 18.2 Å². The number of rotatable bonds is 6. The quantitative estimate of drug-likeness (QED) is 0.832. The average Bonchev–Trinajstić information content (AvgIpc) is 2.56. The molecular formula is C16H25NO4. The molecule has 21 heavy (non-hydrogen) atoms. The van der Waals surface area contributed by atoms with Gasteiger partial charge in [0.05, 0.1) is 20.3 Å². The summed E-state index contributed by atoms with van der Waals surface area (Å²) in [6.07, 6.45) is 1.30. The monoisotopic (exact) mass is 295 g/mol. The van der Waals surface area contributed by atoms with E-state index in [1.807, 2.05) is 18.2 Å². The summed E-state index contributed by atoms with van der Waals surface area (Å²) in [5.74, 6) is 1.47. The van der Waals surface area contributed by atoms with Crippen molar-refractivity contribution >= 4 is 0 Å². The molecular weight excluding hydrogens is 270 g/mol. The Balaban J connectivity index is 2.19. The van der Waals surface area contributed by atoms with Crippen molar-refractivity contribution in [2.75, 3.05) is 34.0 Å². The van der Waals surface area contributed by atoms with Crippen LogP contribution in [0.3, 0.4) is 0 Å². The van der Waals surface area contributed by atoms with Gasteiger partial charge in [-0.3, -0.25) is 0 Å². The van der Waals surface area contributed by atoms with Gasteiger partial charge in [-0.15, -0.1) is 0 Å². The lowest BCUT2D eigenvalue weighted by molar-refractivity contribution is -0.00196. The first-order valence-electron chi connectivity index (χ1n) is 7.39. The zero-order valence-corrected chi connectivity index (χ0v) is 12.7. The van der Waals surface area contributed by atoms with Crippen molar-refractivity contribution in [3.05, 3.63) is 23.8 Å². The van der Waals surface area contributed by atoms with Crippen molar-refractivity contribution in [1.29, 1.82) is 0 Å². The molecule has 0 spiro atoms. The standard InChI is InChI=1S/C16H25NO4/c1-19-14-4-3-12(9-15(14)20-2)13(10-17)16(18)11-5-7-21-8-6-11/h3-4,9,11,13,16,18H,5-8,10,17H2,1-2H3. The van der Waals surface area contributed by atoms with Gasteiger partial charge in [0.15, 0.2) is 11.5 Å². The number of aliphatic hydroxyl groups is 1. The van der Waals surface area contributed by atoms with E-state index in [0.29, 0.717) is 31.3 Å². The summed E-state index contributed by atoms with van der Waals surface area (Å²) in [6.45, 7) is 1.82. The molecule has 0 aliphatic carbocycles. The lowest BCUT2D eigenvalue weighted by Crippen LogP contribution is -2.35. The molecule has 3 N–H and O–H groups in total. The molecule has 2 unspecified atom stereocenters. The van der Waals surface area contributed by atoms with Crippen LogP contribution in [-0.4, -0.2) is 45.2 Å². The molecule has 0 radical (unpaired) electrons. The minimum atomic E-state index is -0.461. The third kappa shape index (κ3) is 3.67. The van der Waals surface area contributed by atoms with Gasteiger partial charge in [0, 0.05) is 25.7 Å². The zero-order chi connectivity index (χ0) is 15.2.